The predicted molar refractivity (Wildman–Crippen MR) is 61.9 cm³/mol. The van der Waals surface area contributed by atoms with E-state index in [0.717, 1.165) is 30.5 Å². The number of ether oxygens (including phenoxy) is 1. The maximum absolute atomic E-state index is 5.45. The second kappa shape index (κ2) is 5.47. The van der Waals surface area contributed by atoms with Crippen molar-refractivity contribution in [1.29, 1.82) is 0 Å². The molecular weight excluding hydrogens is 242 g/mol. The molecule has 0 aromatic carbocycles. The Hall–Kier alpha value is 0.400. The molecule has 14 heavy (non-hydrogen) atoms. The third-order valence-electron chi connectivity index (χ3n) is 3.49. The molecule has 0 bridgehead atoms. The maximum atomic E-state index is 5.45. The molecule has 0 saturated carbocycles. The molecule has 0 aromatic rings. The number of rotatable bonds is 3. The van der Waals surface area contributed by atoms with Gasteiger partial charge in [0.05, 0.1) is 6.61 Å². The molecule has 2 nitrogen and oxygen atoms in total. The van der Waals surface area contributed by atoms with Crippen molar-refractivity contribution in [1.82, 2.24) is 4.90 Å². The molecule has 2 unspecified atom stereocenters. The molecule has 82 valence electrons. The fourth-order valence-corrected chi connectivity index (χ4v) is 3.28. The second-order valence-corrected chi connectivity index (χ2v) is 5.29. The molecule has 2 aliphatic rings. The van der Waals surface area contributed by atoms with Crippen LogP contribution in [0, 0.1) is 5.92 Å². The van der Waals surface area contributed by atoms with Gasteiger partial charge >= 0.3 is 0 Å². The van der Waals surface area contributed by atoms with Crippen LogP contribution in [0.15, 0.2) is 0 Å². The van der Waals surface area contributed by atoms with Crippen molar-refractivity contribution in [2.24, 2.45) is 5.92 Å². The minimum absolute atomic E-state index is 0.730. The summed E-state index contributed by atoms with van der Waals surface area (Å²) in [5, 5.41) is 1.16. The topological polar surface area (TPSA) is 12.5 Å². The number of nitrogens with zero attached hydrogens (tertiary/aromatic N) is 1. The molecular formula is C11H20BrNO. The monoisotopic (exact) mass is 261 g/mol. The van der Waals surface area contributed by atoms with Gasteiger partial charge in [0.2, 0.25) is 0 Å². The van der Waals surface area contributed by atoms with Gasteiger partial charge < -0.3 is 4.74 Å². The molecule has 2 rings (SSSR count). The van der Waals surface area contributed by atoms with E-state index < -0.39 is 0 Å². The fourth-order valence-electron chi connectivity index (χ4n) is 2.63. The quantitative estimate of drug-likeness (QED) is 0.723. The van der Waals surface area contributed by atoms with E-state index in [1.54, 1.807) is 0 Å². The van der Waals surface area contributed by atoms with E-state index in [9.17, 15) is 0 Å². The van der Waals surface area contributed by atoms with E-state index in [4.69, 9.17) is 4.74 Å². The summed E-state index contributed by atoms with van der Waals surface area (Å²) in [5.41, 5.74) is 0. The Labute approximate surface area is 95.1 Å². The molecule has 2 saturated heterocycles. The predicted octanol–water partition coefficient (Wildman–Crippen LogP) is 2.27. The SMILES string of the molecule is BrCCC1CCCN(C2CCOC2)C1. The number of piperidine rings is 1. The number of hydrogen-bond acceptors (Lipinski definition) is 2. The summed E-state index contributed by atoms with van der Waals surface area (Å²) < 4.78 is 5.45. The maximum Gasteiger partial charge on any atom is 0.0622 e. The Morgan fingerprint density at radius 2 is 2.29 bits per heavy atom. The van der Waals surface area contributed by atoms with E-state index in [1.165, 1.54) is 38.8 Å². The lowest BCUT2D eigenvalue weighted by molar-refractivity contribution is 0.102. The molecule has 2 heterocycles. The van der Waals surface area contributed by atoms with Crippen molar-refractivity contribution in [3.05, 3.63) is 0 Å². The molecule has 0 amide bonds. The Kier molecular flexibility index (Phi) is 4.26. The van der Waals surface area contributed by atoms with Crippen molar-refractivity contribution >= 4 is 15.9 Å². The molecule has 0 spiro atoms. The van der Waals surface area contributed by atoms with Gasteiger partial charge in [-0.05, 0) is 38.1 Å². The van der Waals surface area contributed by atoms with E-state index in [2.05, 4.69) is 20.8 Å². The van der Waals surface area contributed by atoms with Gasteiger partial charge in [0.25, 0.3) is 0 Å². The highest BCUT2D eigenvalue weighted by Crippen LogP contribution is 2.24. The number of halogens is 1. The van der Waals surface area contributed by atoms with Crippen molar-refractivity contribution in [3.8, 4) is 0 Å². The largest absolute Gasteiger partial charge is 0.380 e. The molecule has 0 aromatic heterocycles. The van der Waals surface area contributed by atoms with Crippen LogP contribution in [0.2, 0.25) is 0 Å². The Morgan fingerprint density at radius 1 is 1.36 bits per heavy atom. The molecule has 0 radical (unpaired) electrons. The van der Waals surface area contributed by atoms with Gasteiger partial charge in [-0.25, -0.2) is 0 Å². The van der Waals surface area contributed by atoms with Gasteiger partial charge in [-0.1, -0.05) is 15.9 Å². The summed E-state index contributed by atoms with van der Waals surface area (Å²) >= 11 is 3.55. The summed E-state index contributed by atoms with van der Waals surface area (Å²) in [6.07, 6.45) is 5.40. The van der Waals surface area contributed by atoms with Crippen LogP contribution in [0.5, 0.6) is 0 Å². The van der Waals surface area contributed by atoms with E-state index in [1.807, 2.05) is 0 Å². The Morgan fingerprint density at radius 3 is 3.00 bits per heavy atom. The molecule has 3 heteroatoms. The van der Waals surface area contributed by atoms with Crippen LogP contribution in [0.3, 0.4) is 0 Å². The molecule has 0 aliphatic carbocycles. The van der Waals surface area contributed by atoms with Crippen molar-refractivity contribution < 1.29 is 4.74 Å². The molecule has 0 N–H and O–H groups in total. The van der Waals surface area contributed by atoms with E-state index in [-0.39, 0.29) is 0 Å². The van der Waals surface area contributed by atoms with Gasteiger partial charge in [0, 0.05) is 24.5 Å². The van der Waals surface area contributed by atoms with Crippen LogP contribution < -0.4 is 0 Å². The normalized spacial score (nSPS) is 34.9. The van der Waals surface area contributed by atoms with Crippen LogP contribution in [0.1, 0.15) is 25.7 Å². The standard InChI is InChI=1S/C11H20BrNO/c12-5-3-10-2-1-6-13(8-10)11-4-7-14-9-11/h10-11H,1-9H2. The zero-order chi connectivity index (χ0) is 9.80. The highest BCUT2D eigenvalue weighted by atomic mass is 79.9. The minimum atomic E-state index is 0.730. The summed E-state index contributed by atoms with van der Waals surface area (Å²) in [6, 6.07) is 0.730. The lowest BCUT2D eigenvalue weighted by Crippen LogP contribution is -2.43. The van der Waals surface area contributed by atoms with Gasteiger partial charge in [0.1, 0.15) is 0 Å². The first-order valence-corrected chi connectivity index (χ1v) is 6.90. The highest BCUT2D eigenvalue weighted by Gasteiger charge is 2.27. The molecule has 2 atom stereocenters. The summed E-state index contributed by atoms with van der Waals surface area (Å²) in [4.78, 5) is 2.66. The number of hydrogen-bond donors (Lipinski definition) is 0. The summed E-state index contributed by atoms with van der Waals surface area (Å²) in [5.74, 6) is 0.920. The number of alkyl halides is 1. The van der Waals surface area contributed by atoms with E-state index >= 15 is 0 Å². The van der Waals surface area contributed by atoms with Crippen LogP contribution in [-0.4, -0.2) is 42.6 Å². The molecule has 2 fully saturated rings. The molecule has 2 aliphatic heterocycles. The van der Waals surface area contributed by atoms with Gasteiger partial charge in [-0.2, -0.15) is 0 Å². The van der Waals surface area contributed by atoms with Crippen LogP contribution in [-0.2, 0) is 4.74 Å². The Balaban J connectivity index is 1.80. The third-order valence-corrected chi connectivity index (χ3v) is 3.95. The van der Waals surface area contributed by atoms with Gasteiger partial charge in [0.15, 0.2) is 0 Å². The minimum Gasteiger partial charge on any atom is -0.380 e. The zero-order valence-electron chi connectivity index (χ0n) is 8.75. The second-order valence-electron chi connectivity index (χ2n) is 4.50. The first-order valence-electron chi connectivity index (χ1n) is 5.78. The smallest absolute Gasteiger partial charge is 0.0622 e. The number of likely N-dealkylation sites (tertiary alicyclic amines) is 1. The zero-order valence-corrected chi connectivity index (χ0v) is 10.3. The van der Waals surface area contributed by atoms with Crippen molar-refractivity contribution in [2.75, 3.05) is 31.6 Å². The third kappa shape index (κ3) is 2.71. The lowest BCUT2D eigenvalue weighted by atomic mass is 9.94. The van der Waals surface area contributed by atoms with Crippen molar-refractivity contribution in [3.63, 3.8) is 0 Å². The Bertz CT molecular complexity index is 169. The van der Waals surface area contributed by atoms with Crippen LogP contribution >= 0.6 is 15.9 Å². The average molecular weight is 262 g/mol. The summed E-state index contributed by atoms with van der Waals surface area (Å²) in [7, 11) is 0. The average Bonchev–Trinajstić information content (AvgIpc) is 2.71. The van der Waals surface area contributed by atoms with Crippen LogP contribution in [0.4, 0.5) is 0 Å². The van der Waals surface area contributed by atoms with Gasteiger partial charge in [-0.15, -0.1) is 0 Å². The van der Waals surface area contributed by atoms with Gasteiger partial charge in [-0.3, -0.25) is 4.90 Å². The lowest BCUT2D eigenvalue weighted by Gasteiger charge is -2.36. The first-order chi connectivity index (χ1) is 6.90. The summed E-state index contributed by atoms with van der Waals surface area (Å²) in [6.45, 7) is 4.55. The fraction of sp³-hybridized carbons (Fsp3) is 1.00. The van der Waals surface area contributed by atoms with E-state index in [0.29, 0.717) is 0 Å². The first kappa shape index (κ1) is 10.9. The van der Waals surface area contributed by atoms with Crippen molar-refractivity contribution in [2.45, 2.75) is 31.7 Å². The highest BCUT2D eigenvalue weighted by molar-refractivity contribution is 9.09. The van der Waals surface area contributed by atoms with Crippen LogP contribution in [0.25, 0.3) is 0 Å².